The third-order valence-electron chi connectivity index (χ3n) is 3.77. The first-order valence-corrected chi connectivity index (χ1v) is 6.29. The van der Waals surface area contributed by atoms with Crippen LogP contribution >= 0.6 is 0 Å². The molecule has 0 aromatic rings. The average molecular weight is 226 g/mol. The second kappa shape index (κ2) is 5.15. The smallest absolute Gasteiger partial charge is 0.223 e. The maximum Gasteiger partial charge on any atom is 0.223 e. The second-order valence-corrected chi connectivity index (χ2v) is 5.12. The third kappa shape index (κ3) is 2.74. The molecule has 0 radical (unpaired) electrons. The highest BCUT2D eigenvalue weighted by Gasteiger charge is 2.30. The van der Waals surface area contributed by atoms with Gasteiger partial charge in [-0.2, -0.15) is 0 Å². The van der Waals surface area contributed by atoms with Crippen LogP contribution in [0.1, 0.15) is 26.7 Å². The molecule has 0 aromatic heterocycles. The molecule has 3 unspecified atom stereocenters. The van der Waals surface area contributed by atoms with E-state index >= 15 is 0 Å². The van der Waals surface area contributed by atoms with E-state index in [1.54, 1.807) is 0 Å². The van der Waals surface area contributed by atoms with Crippen molar-refractivity contribution in [3.63, 3.8) is 0 Å². The van der Waals surface area contributed by atoms with E-state index in [2.05, 4.69) is 17.6 Å². The molecule has 0 aliphatic carbocycles. The Morgan fingerprint density at radius 1 is 1.50 bits per heavy atom. The Morgan fingerprint density at radius 2 is 2.25 bits per heavy atom. The summed E-state index contributed by atoms with van der Waals surface area (Å²) in [5.74, 6) is 0.877. The van der Waals surface area contributed by atoms with E-state index in [-0.39, 0.29) is 17.9 Å². The number of nitrogens with one attached hydrogen (secondary N) is 2. The largest absolute Gasteiger partial charge is 0.378 e. The lowest BCUT2D eigenvalue weighted by atomic mass is 9.88. The fourth-order valence-electron chi connectivity index (χ4n) is 2.34. The molecule has 4 heteroatoms. The van der Waals surface area contributed by atoms with Crippen LogP contribution in [0.2, 0.25) is 0 Å². The molecule has 16 heavy (non-hydrogen) atoms. The molecule has 2 N–H and O–H groups in total. The van der Waals surface area contributed by atoms with Crippen LogP contribution in [0.15, 0.2) is 0 Å². The maximum atomic E-state index is 12.0. The van der Waals surface area contributed by atoms with Crippen molar-refractivity contribution in [1.29, 1.82) is 0 Å². The Morgan fingerprint density at radius 3 is 2.81 bits per heavy atom. The number of hydrogen-bond donors (Lipinski definition) is 2. The summed E-state index contributed by atoms with van der Waals surface area (Å²) in [6.07, 6.45) is 2.17. The Kier molecular flexibility index (Phi) is 3.82. The molecule has 2 aliphatic rings. The molecule has 0 spiro atoms. The number of carbonyl (C=O) groups excluding carboxylic acids is 1. The zero-order valence-electron chi connectivity index (χ0n) is 10.2. The molecule has 1 amide bonds. The molecule has 2 aliphatic heterocycles. The number of ether oxygens (including phenoxy) is 1. The van der Waals surface area contributed by atoms with Gasteiger partial charge in [-0.05, 0) is 38.8 Å². The highest BCUT2D eigenvalue weighted by atomic mass is 16.5. The summed E-state index contributed by atoms with van der Waals surface area (Å²) in [4.78, 5) is 12.0. The van der Waals surface area contributed by atoms with E-state index in [0.717, 1.165) is 32.5 Å². The lowest BCUT2D eigenvalue weighted by molar-refractivity contribution is -0.128. The van der Waals surface area contributed by atoms with Gasteiger partial charge in [0.15, 0.2) is 0 Å². The van der Waals surface area contributed by atoms with E-state index in [1.807, 2.05) is 6.92 Å². The second-order valence-electron chi connectivity index (χ2n) is 5.12. The summed E-state index contributed by atoms with van der Waals surface area (Å²) < 4.78 is 5.47. The predicted molar refractivity (Wildman–Crippen MR) is 62.1 cm³/mol. The lowest BCUT2D eigenvalue weighted by Gasteiger charge is -2.34. The highest BCUT2D eigenvalue weighted by Crippen LogP contribution is 2.18. The maximum absolute atomic E-state index is 12.0. The van der Waals surface area contributed by atoms with Crippen LogP contribution in [-0.4, -0.2) is 37.7 Å². The van der Waals surface area contributed by atoms with Crippen LogP contribution < -0.4 is 10.6 Å². The first kappa shape index (κ1) is 11.9. The summed E-state index contributed by atoms with van der Waals surface area (Å²) in [6.45, 7) is 6.84. The fraction of sp³-hybridized carbons (Fsp3) is 0.917. The first-order valence-electron chi connectivity index (χ1n) is 6.29. The minimum absolute atomic E-state index is 0.138. The third-order valence-corrected chi connectivity index (χ3v) is 3.77. The molecule has 0 aromatic carbocycles. The van der Waals surface area contributed by atoms with Gasteiger partial charge in [0.2, 0.25) is 5.91 Å². The molecule has 2 fully saturated rings. The monoisotopic (exact) mass is 226 g/mol. The summed E-state index contributed by atoms with van der Waals surface area (Å²) in [5, 5.41) is 6.36. The van der Waals surface area contributed by atoms with Crippen molar-refractivity contribution in [2.45, 2.75) is 38.8 Å². The van der Waals surface area contributed by atoms with E-state index in [0.29, 0.717) is 12.0 Å². The normalized spacial score (nSPS) is 32.9. The van der Waals surface area contributed by atoms with Gasteiger partial charge in [-0.3, -0.25) is 4.79 Å². The summed E-state index contributed by atoms with van der Waals surface area (Å²) in [7, 11) is 0. The van der Waals surface area contributed by atoms with Crippen molar-refractivity contribution in [2.24, 2.45) is 11.8 Å². The molecule has 0 bridgehead atoms. The van der Waals surface area contributed by atoms with Gasteiger partial charge in [-0.25, -0.2) is 0 Å². The Bertz CT molecular complexity index is 253. The number of rotatable bonds is 3. The van der Waals surface area contributed by atoms with E-state index in [1.165, 1.54) is 0 Å². The van der Waals surface area contributed by atoms with Crippen LogP contribution in [0.25, 0.3) is 0 Å². The van der Waals surface area contributed by atoms with Crippen LogP contribution in [0.4, 0.5) is 0 Å². The van der Waals surface area contributed by atoms with E-state index < -0.39 is 0 Å². The van der Waals surface area contributed by atoms with E-state index in [4.69, 9.17) is 4.74 Å². The van der Waals surface area contributed by atoms with Crippen molar-refractivity contribution in [3.05, 3.63) is 0 Å². The van der Waals surface area contributed by atoms with Crippen molar-refractivity contribution in [3.8, 4) is 0 Å². The predicted octanol–water partition coefficient (Wildman–Crippen LogP) is 0.526. The molecule has 3 atom stereocenters. The molecule has 2 saturated heterocycles. The van der Waals surface area contributed by atoms with Crippen molar-refractivity contribution in [2.75, 3.05) is 19.7 Å². The fourth-order valence-corrected chi connectivity index (χ4v) is 2.34. The van der Waals surface area contributed by atoms with Gasteiger partial charge < -0.3 is 15.4 Å². The zero-order valence-corrected chi connectivity index (χ0v) is 10.2. The molecular weight excluding hydrogens is 204 g/mol. The Hall–Kier alpha value is -0.610. The van der Waals surface area contributed by atoms with Crippen molar-refractivity contribution in [1.82, 2.24) is 10.6 Å². The number of amides is 1. The van der Waals surface area contributed by atoms with Gasteiger partial charge in [0.1, 0.15) is 0 Å². The average Bonchev–Trinajstić information content (AvgIpc) is 2.14. The van der Waals surface area contributed by atoms with Gasteiger partial charge in [-0.15, -0.1) is 0 Å². The SMILES string of the molecule is CC1CC(NC(=O)C(C)C2CNC2)CCO1. The van der Waals surface area contributed by atoms with Crippen molar-refractivity contribution >= 4 is 5.91 Å². The topological polar surface area (TPSA) is 50.4 Å². The molecule has 2 rings (SSSR count). The van der Waals surface area contributed by atoms with Crippen LogP contribution in [0, 0.1) is 11.8 Å². The van der Waals surface area contributed by atoms with E-state index in [9.17, 15) is 4.79 Å². The van der Waals surface area contributed by atoms with Crippen LogP contribution in [0.5, 0.6) is 0 Å². The number of carbonyl (C=O) groups is 1. The molecule has 4 nitrogen and oxygen atoms in total. The van der Waals surface area contributed by atoms with Crippen molar-refractivity contribution < 1.29 is 9.53 Å². The summed E-state index contributed by atoms with van der Waals surface area (Å²) in [5.41, 5.74) is 0. The Balaban J connectivity index is 1.77. The minimum atomic E-state index is 0.138. The van der Waals surface area contributed by atoms with Crippen LogP contribution in [0.3, 0.4) is 0 Å². The van der Waals surface area contributed by atoms with Gasteiger partial charge in [0.05, 0.1) is 6.10 Å². The minimum Gasteiger partial charge on any atom is -0.378 e. The molecular formula is C12H22N2O2. The standard InChI is InChI=1S/C12H22N2O2/c1-8-5-11(3-4-16-8)14-12(15)9(2)10-6-13-7-10/h8-11,13H,3-7H2,1-2H3,(H,14,15). The molecule has 2 heterocycles. The van der Waals surface area contributed by atoms with Gasteiger partial charge in [0, 0.05) is 18.6 Å². The Labute approximate surface area is 97.1 Å². The number of hydrogen-bond acceptors (Lipinski definition) is 3. The quantitative estimate of drug-likeness (QED) is 0.738. The molecule has 92 valence electrons. The highest BCUT2D eigenvalue weighted by molar-refractivity contribution is 5.79. The summed E-state index contributed by atoms with van der Waals surface area (Å²) >= 11 is 0. The van der Waals surface area contributed by atoms with Gasteiger partial charge in [0.25, 0.3) is 0 Å². The first-order chi connectivity index (χ1) is 7.66. The van der Waals surface area contributed by atoms with Gasteiger partial charge in [-0.1, -0.05) is 6.92 Å². The van der Waals surface area contributed by atoms with Gasteiger partial charge >= 0.3 is 0 Å². The molecule has 0 saturated carbocycles. The lowest BCUT2D eigenvalue weighted by Crippen LogP contribution is -2.51. The zero-order chi connectivity index (χ0) is 11.5. The summed E-state index contributed by atoms with van der Waals surface area (Å²) in [6, 6.07) is 0.312. The van der Waals surface area contributed by atoms with Crippen LogP contribution in [-0.2, 0) is 9.53 Å².